The van der Waals surface area contributed by atoms with Gasteiger partial charge in [0.2, 0.25) is 5.91 Å². The summed E-state index contributed by atoms with van der Waals surface area (Å²) in [5, 5.41) is 2.62. The van der Waals surface area contributed by atoms with Crippen LogP contribution in [-0.4, -0.2) is 18.6 Å². The zero-order valence-corrected chi connectivity index (χ0v) is 10.7. The van der Waals surface area contributed by atoms with Gasteiger partial charge in [0, 0.05) is 24.2 Å². The second-order valence-corrected chi connectivity index (χ2v) is 4.14. The highest BCUT2D eigenvalue weighted by molar-refractivity contribution is 5.90. The summed E-state index contributed by atoms with van der Waals surface area (Å²) in [5.41, 5.74) is 5.98. The zero-order chi connectivity index (χ0) is 13.5. The Morgan fingerprint density at radius 3 is 2.83 bits per heavy atom. The highest BCUT2D eigenvalue weighted by Crippen LogP contribution is 2.21. The molecule has 1 rings (SSSR count). The van der Waals surface area contributed by atoms with Gasteiger partial charge in [0.1, 0.15) is 0 Å². The Hall–Kier alpha value is -1.62. The molecule has 1 atom stereocenters. The topological polar surface area (TPSA) is 64.3 Å². The Labute approximate surface area is 106 Å². The Morgan fingerprint density at radius 2 is 2.28 bits per heavy atom. The SMILES string of the molecule is CCOc1ccc(NC(=O)CCC(C)N)cc1F. The summed E-state index contributed by atoms with van der Waals surface area (Å²) < 4.78 is 18.6. The van der Waals surface area contributed by atoms with Gasteiger partial charge in [-0.2, -0.15) is 0 Å². The predicted octanol–water partition coefficient (Wildman–Crippen LogP) is 2.29. The fraction of sp³-hybridized carbons (Fsp3) is 0.462. The van der Waals surface area contributed by atoms with E-state index in [0.29, 0.717) is 25.1 Å². The van der Waals surface area contributed by atoms with Gasteiger partial charge >= 0.3 is 0 Å². The van der Waals surface area contributed by atoms with E-state index in [2.05, 4.69) is 5.32 Å². The number of anilines is 1. The minimum absolute atomic E-state index is 0.0205. The van der Waals surface area contributed by atoms with Crippen molar-refractivity contribution in [1.82, 2.24) is 0 Å². The van der Waals surface area contributed by atoms with E-state index in [0.717, 1.165) is 0 Å². The molecular formula is C13H19FN2O2. The third-order valence-electron chi connectivity index (χ3n) is 2.34. The summed E-state index contributed by atoms with van der Waals surface area (Å²) in [6.07, 6.45) is 0.928. The lowest BCUT2D eigenvalue weighted by Crippen LogP contribution is -2.19. The van der Waals surface area contributed by atoms with Crippen LogP contribution in [0.25, 0.3) is 0 Å². The third-order valence-corrected chi connectivity index (χ3v) is 2.34. The van der Waals surface area contributed by atoms with Crippen molar-refractivity contribution in [1.29, 1.82) is 0 Å². The van der Waals surface area contributed by atoms with Crippen LogP contribution < -0.4 is 15.8 Å². The second kappa shape index (κ2) is 6.96. The number of carbonyl (C=O) groups is 1. The molecule has 18 heavy (non-hydrogen) atoms. The predicted molar refractivity (Wildman–Crippen MR) is 69.1 cm³/mol. The van der Waals surface area contributed by atoms with E-state index >= 15 is 0 Å². The van der Waals surface area contributed by atoms with Crippen molar-refractivity contribution >= 4 is 11.6 Å². The molecule has 0 saturated heterocycles. The summed E-state index contributed by atoms with van der Waals surface area (Å²) in [6.45, 7) is 4.02. The summed E-state index contributed by atoms with van der Waals surface area (Å²) in [6, 6.07) is 4.33. The van der Waals surface area contributed by atoms with Gasteiger partial charge in [-0.25, -0.2) is 4.39 Å². The lowest BCUT2D eigenvalue weighted by molar-refractivity contribution is -0.116. The van der Waals surface area contributed by atoms with E-state index in [4.69, 9.17) is 10.5 Å². The molecule has 0 aromatic heterocycles. The molecule has 5 heteroatoms. The quantitative estimate of drug-likeness (QED) is 0.818. The molecule has 0 aliphatic heterocycles. The normalized spacial score (nSPS) is 12.0. The molecule has 0 bridgehead atoms. The number of hydrogen-bond acceptors (Lipinski definition) is 3. The lowest BCUT2D eigenvalue weighted by atomic mass is 10.2. The molecule has 0 heterocycles. The monoisotopic (exact) mass is 254 g/mol. The van der Waals surface area contributed by atoms with Crippen molar-refractivity contribution in [3.8, 4) is 5.75 Å². The molecule has 100 valence electrons. The Bertz CT molecular complexity index is 408. The van der Waals surface area contributed by atoms with Crippen LogP contribution in [0.3, 0.4) is 0 Å². The maximum Gasteiger partial charge on any atom is 0.224 e. The lowest BCUT2D eigenvalue weighted by Gasteiger charge is -2.09. The summed E-state index contributed by atoms with van der Waals surface area (Å²) >= 11 is 0. The first-order chi connectivity index (χ1) is 8.52. The number of benzene rings is 1. The van der Waals surface area contributed by atoms with Crippen LogP contribution in [0.4, 0.5) is 10.1 Å². The van der Waals surface area contributed by atoms with Gasteiger partial charge in [0.15, 0.2) is 11.6 Å². The number of amides is 1. The van der Waals surface area contributed by atoms with Gasteiger partial charge in [0.25, 0.3) is 0 Å². The fourth-order valence-corrected chi connectivity index (χ4v) is 1.43. The highest BCUT2D eigenvalue weighted by atomic mass is 19.1. The minimum atomic E-state index is -0.484. The van der Waals surface area contributed by atoms with E-state index in [9.17, 15) is 9.18 Å². The zero-order valence-electron chi connectivity index (χ0n) is 10.7. The van der Waals surface area contributed by atoms with Gasteiger partial charge in [-0.15, -0.1) is 0 Å². The molecule has 0 radical (unpaired) electrons. The van der Waals surface area contributed by atoms with E-state index in [1.54, 1.807) is 13.0 Å². The van der Waals surface area contributed by atoms with Crippen molar-refractivity contribution in [2.75, 3.05) is 11.9 Å². The van der Waals surface area contributed by atoms with Crippen LogP contribution in [0.5, 0.6) is 5.75 Å². The second-order valence-electron chi connectivity index (χ2n) is 4.14. The van der Waals surface area contributed by atoms with Crippen LogP contribution in [0.15, 0.2) is 18.2 Å². The van der Waals surface area contributed by atoms with Gasteiger partial charge in [-0.3, -0.25) is 4.79 Å². The van der Waals surface area contributed by atoms with Crippen LogP contribution >= 0.6 is 0 Å². The van der Waals surface area contributed by atoms with E-state index in [1.807, 2.05) is 6.92 Å². The first-order valence-electron chi connectivity index (χ1n) is 6.00. The molecule has 3 N–H and O–H groups in total. The van der Waals surface area contributed by atoms with Gasteiger partial charge in [-0.1, -0.05) is 0 Å². The number of rotatable bonds is 6. The first-order valence-corrected chi connectivity index (χ1v) is 6.00. The van der Waals surface area contributed by atoms with Gasteiger partial charge < -0.3 is 15.8 Å². The fourth-order valence-electron chi connectivity index (χ4n) is 1.43. The van der Waals surface area contributed by atoms with Gasteiger partial charge in [0.05, 0.1) is 6.61 Å². The molecule has 1 aromatic carbocycles. The molecule has 1 unspecified atom stereocenters. The molecule has 1 amide bonds. The minimum Gasteiger partial charge on any atom is -0.491 e. The third kappa shape index (κ3) is 4.71. The van der Waals surface area contributed by atoms with Crippen molar-refractivity contribution in [2.24, 2.45) is 5.73 Å². The Morgan fingerprint density at radius 1 is 1.56 bits per heavy atom. The summed E-state index contributed by atoms with van der Waals surface area (Å²) in [5.74, 6) is -0.469. The summed E-state index contributed by atoms with van der Waals surface area (Å²) in [7, 11) is 0. The Kier molecular flexibility index (Phi) is 5.58. The van der Waals surface area contributed by atoms with Crippen molar-refractivity contribution < 1.29 is 13.9 Å². The van der Waals surface area contributed by atoms with Crippen LogP contribution in [0.1, 0.15) is 26.7 Å². The molecule has 0 aliphatic rings. The molecule has 1 aromatic rings. The largest absolute Gasteiger partial charge is 0.491 e. The molecule has 0 fully saturated rings. The van der Waals surface area contributed by atoms with Crippen LogP contribution in [0, 0.1) is 5.82 Å². The number of carbonyl (C=O) groups excluding carboxylic acids is 1. The molecule has 0 spiro atoms. The van der Waals surface area contributed by atoms with Crippen molar-refractivity contribution in [2.45, 2.75) is 32.7 Å². The number of halogens is 1. The molecule has 0 aliphatic carbocycles. The average Bonchev–Trinajstić information content (AvgIpc) is 2.30. The first kappa shape index (κ1) is 14.4. The maximum atomic E-state index is 13.5. The number of nitrogens with one attached hydrogen (secondary N) is 1. The van der Waals surface area contributed by atoms with Crippen molar-refractivity contribution in [3.63, 3.8) is 0 Å². The molecule has 4 nitrogen and oxygen atoms in total. The Balaban J connectivity index is 2.57. The molecule has 0 saturated carbocycles. The van der Waals surface area contributed by atoms with Crippen LogP contribution in [0.2, 0.25) is 0 Å². The van der Waals surface area contributed by atoms with E-state index in [1.165, 1.54) is 12.1 Å². The molecular weight excluding hydrogens is 235 g/mol. The maximum absolute atomic E-state index is 13.5. The standard InChI is InChI=1S/C13H19FN2O2/c1-3-18-12-6-5-10(8-11(12)14)16-13(17)7-4-9(2)15/h5-6,8-9H,3-4,7,15H2,1-2H3,(H,16,17). The highest BCUT2D eigenvalue weighted by Gasteiger charge is 2.07. The number of ether oxygens (including phenoxy) is 1. The van der Waals surface area contributed by atoms with Crippen molar-refractivity contribution in [3.05, 3.63) is 24.0 Å². The number of nitrogens with two attached hydrogens (primary N) is 1. The average molecular weight is 254 g/mol. The van der Waals surface area contributed by atoms with E-state index < -0.39 is 5.82 Å². The smallest absolute Gasteiger partial charge is 0.224 e. The number of hydrogen-bond donors (Lipinski definition) is 2. The van der Waals surface area contributed by atoms with E-state index in [-0.39, 0.29) is 17.7 Å². The van der Waals surface area contributed by atoms with Gasteiger partial charge in [-0.05, 0) is 32.4 Å². The van der Waals surface area contributed by atoms with Crippen LogP contribution in [-0.2, 0) is 4.79 Å². The summed E-state index contributed by atoms with van der Waals surface area (Å²) in [4.78, 5) is 11.5.